The highest BCUT2D eigenvalue weighted by atomic mass is 16.2. The predicted molar refractivity (Wildman–Crippen MR) is 59.3 cm³/mol. The van der Waals surface area contributed by atoms with Gasteiger partial charge in [0.2, 0.25) is 5.91 Å². The van der Waals surface area contributed by atoms with Crippen molar-refractivity contribution in [3.05, 3.63) is 42.1 Å². The number of carbonyl (C=O) groups excluding carboxylic acids is 1. The van der Waals surface area contributed by atoms with Gasteiger partial charge < -0.3 is 0 Å². The summed E-state index contributed by atoms with van der Waals surface area (Å²) in [5, 5.41) is 0. The second-order valence-corrected chi connectivity index (χ2v) is 3.31. The van der Waals surface area contributed by atoms with Crippen LogP contribution in [0, 0.1) is 13.8 Å². The Labute approximate surface area is 84.9 Å². The first-order chi connectivity index (χ1) is 6.57. The van der Waals surface area contributed by atoms with Crippen LogP contribution in [0.2, 0.25) is 0 Å². The van der Waals surface area contributed by atoms with Crippen molar-refractivity contribution in [1.29, 1.82) is 0 Å². The SMILES string of the molecule is C=CN(C(C)=O)c1c(C)cccc1C. The molecular formula is C12H15NO. The lowest BCUT2D eigenvalue weighted by Crippen LogP contribution is -2.23. The van der Waals surface area contributed by atoms with Crippen molar-refractivity contribution in [3.63, 3.8) is 0 Å². The Hall–Kier alpha value is -1.57. The van der Waals surface area contributed by atoms with Crippen molar-refractivity contribution in [2.45, 2.75) is 20.8 Å². The van der Waals surface area contributed by atoms with Crippen LogP contribution in [0.15, 0.2) is 31.0 Å². The van der Waals surface area contributed by atoms with E-state index in [1.54, 1.807) is 11.1 Å². The second-order valence-electron chi connectivity index (χ2n) is 3.31. The van der Waals surface area contributed by atoms with E-state index in [-0.39, 0.29) is 5.91 Å². The van der Waals surface area contributed by atoms with E-state index in [0.29, 0.717) is 0 Å². The third kappa shape index (κ3) is 1.84. The van der Waals surface area contributed by atoms with Gasteiger partial charge in [-0.3, -0.25) is 9.69 Å². The van der Waals surface area contributed by atoms with Crippen LogP contribution in [0.1, 0.15) is 18.1 Å². The lowest BCUT2D eigenvalue weighted by Gasteiger charge is -2.20. The monoisotopic (exact) mass is 189 g/mol. The summed E-state index contributed by atoms with van der Waals surface area (Å²) in [6, 6.07) is 5.96. The Morgan fingerprint density at radius 1 is 1.36 bits per heavy atom. The van der Waals surface area contributed by atoms with Gasteiger partial charge in [0.25, 0.3) is 0 Å². The molecule has 0 fully saturated rings. The van der Waals surface area contributed by atoms with Gasteiger partial charge in [-0.1, -0.05) is 24.8 Å². The van der Waals surface area contributed by atoms with Gasteiger partial charge in [-0.2, -0.15) is 0 Å². The fourth-order valence-electron chi connectivity index (χ4n) is 1.56. The standard InChI is InChI=1S/C12H15NO/c1-5-13(11(4)14)12-9(2)7-6-8-10(12)3/h5-8H,1H2,2-4H3. The summed E-state index contributed by atoms with van der Waals surface area (Å²) in [6.07, 6.45) is 1.55. The number of hydrogen-bond donors (Lipinski definition) is 0. The topological polar surface area (TPSA) is 20.3 Å². The zero-order chi connectivity index (χ0) is 10.7. The molecule has 0 bridgehead atoms. The fourth-order valence-corrected chi connectivity index (χ4v) is 1.56. The van der Waals surface area contributed by atoms with Crippen LogP contribution in [-0.2, 0) is 4.79 Å². The molecule has 0 aromatic heterocycles. The minimum Gasteiger partial charge on any atom is -0.288 e. The fraction of sp³-hybridized carbons (Fsp3) is 0.250. The van der Waals surface area contributed by atoms with E-state index in [2.05, 4.69) is 6.58 Å². The quantitative estimate of drug-likeness (QED) is 0.700. The van der Waals surface area contributed by atoms with Crippen LogP contribution >= 0.6 is 0 Å². The van der Waals surface area contributed by atoms with Crippen LogP contribution in [0.25, 0.3) is 0 Å². The lowest BCUT2D eigenvalue weighted by molar-refractivity contribution is -0.116. The van der Waals surface area contributed by atoms with Crippen LogP contribution in [-0.4, -0.2) is 5.91 Å². The molecule has 0 atom stereocenters. The van der Waals surface area contributed by atoms with Gasteiger partial charge in [0, 0.05) is 13.1 Å². The highest BCUT2D eigenvalue weighted by Crippen LogP contribution is 2.24. The Balaban J connectivity index is 3.28. The number of anilines is 1. The molecule has 2 heteroatoms. The molecule has 0 radical (unpaired) electrons. The third-order valence-electron chi connectivity index (χ3n) is 2.20. The number of hydrogen-bond acceptors (Lipinski definition) is 1. The largest absolute Gasteiger partial charge is 0.288 e. The Bertz CT molecular complexity index is 348. The van der Waals surface area contributed by atoms with E-state index in [1.165, 1.54) is 6.92 Å². The van der Waals surface area contributed by atoms with E-state index in [4.69, 9.17) is 0 Å². The number of amides is 1. The molecule has 0 saturated carbocycles. The number of para-hydroxylation sites is 1. The Morgan fingerprint density at radius 2 is 1.86 bits per heavy atom. The average molecular weight is 189 g/mol. The van der Waals surface area contributed by atoms with Crippen molar-refractivity contribution >= 4 is 11.6 Å². The number of carbonyl (C=O) groups is 1. The first kappa shape index (κ1) is 10.5. The minimum atomic E-state index is -0.0163. The summed E-state index contributed by atoms with van der Waals surface area (Å²) in [5.74, 6) is -0.0163. The Morgan fingerprint density at radius 3 is 2.21 bits per heavy atom. The van der Waals surface area contributed by atoms with Gasteiger partial charge in [-0.25, -0.2) is 0 Å². The van der Waals surface area contributed by atoms with Gasteiger partial charge in [-0.15, -0.1) is 0 Å². The summed E-state index contributed by atoms with van der Waals surface area (Å²) >= 11 is 0. The zero-order valence-corrected chi connectivity index (χ0v) is 8.87. The van der Waals surface area contributed by atoms with Crippen molar-refractivity contribution in [1.82, 2.24) is 0 Å². The molecule has 1 aromatic carbocycles. The zero-order valence-electron chi connectivity index (χ0n) is 8.87. The van der Waals surface area contributed by atoms with Crippen molar-refractivity contribution in [2.24, 2.45) is 0 Å². The van der Waals surface area contributed by atoms with E-state index in [9.17, 15) is 4.79 Å². The number of nitrogens with zero attached hydrogens (tertiary/aromatic N) is 1. The van der Waals surface area contributed by atoms with E-state index in [0.717, 1.165) is 16.8 Å². The van der Waals surface area contributed by atoms with Gasteiger partial charge in [0.1, 0.15) is 0 Å². The van der Waals surface area contributed by atoms with Crippen LogP contribution in [0.3, 0.4) is 0 Å². The molecule has 0 N–H and O–H groups in total. The maximum atomic E-state index is 11.3. The summed E-state index contributed by atoms with van der Waals surface area (Å²) in [7, 11) is 0. The molecule has 1 rings (SSSR count). The number of benzene rings is 1. The van der Waals surface area contributed by atoms with Crippen molar-refractivity contribution in [3.8, 4) is 0 Å². The maximum Gasteiger partial charge on any atom is 0.227 e. The lowest BCUT2D eigenvalue weighted by atomic mass is 10.1. The van der Waals surface area contributed by atoms with Crippen LogP contribution < -0.4 is 4.90 Å². The molecule has 0 aliphatic carbocycles. The molecule has 0 saturated heterocycles. The average Bonchev–Trinajstić information content (AvgIpc) is 2.10. The van der Waals surface area contributed by atoms with Gasteiger partial charge in [0.05, 0.1) is 5.69 Å². The smallest absolute Gasteiger partial charge is 0.227 e. The molecular weight excluding hydrogens is 174 g/mol. The van der Waals surface area contributed by atoms with Crippen molar-refractivity contribution < 1.29 is 4.79 Å². The molecule has 74 valence electrons. The van der Waals surface area contributed by atoms with E-state index >= 15 is 0 Å². The van der Waals surface area contributed by atoms with Crippen LogP contribution in [0.4, 0.5) is 5.69 Å². The van der Waals surface area contributed by atoms with E-state index in [1.807, 2.05) is 32.0 Å². The summed E-state index contributed by atoms with van der Waals surface area (Å²) in [5.41, 5.74) is 3.11. The number of rotatable bonds is 2. The first-order valence-corrected chi connectivity index (χ1v) is 4.56. The summed E-state index contributed by atoms with van der Waals surface area (Å²) in [4.78, 5) is 12.9. The number of aryl methyl sites for hydroxylation is 2. The van der Waals surface area contributed by atoms with Gasteiger partial charge >= 0.3 is 0 Å². The second kappa shape index (κ2) is 4.09. The summed E-state index contributed by atoms with van der Waals surface area (Å²) < 4.78 is 0. The van der Waals surface area contributed by atoms with E-state index < -0.39 is 0 Å². The molecule has 0 aliphatic heterocycles. The molecule has 2 nitrogen and oxygen atoms in total. The molecule has 0 heterocycles. The molecule has 1 amide bonds. The van der Waals surface area contributed by atoms with Gasteiger partial charge in [0.15, 0.2) is 0 Å². The molecule has 1 aromatic rings. The first-order valence-electron chi connectivity index (χ1n) is 4.56. The normalized spacial score (nSPS) is 9.64. The highest BCUT2D eigenvalue weighted by Gasteiger charge is 2.12. The molecule has 0 unspecified atom stereocenters. The molecule has 0 spiro atoms. The van der Waals surface area contributed by atoms with Crippen LogP contribution in [0.5, 0.6) is 0 Å². The van der Waals surface area contributed by atoms with Gasteiger partial charge in [-0.05, 0) is 25.0 Å². The Kier molecular flexibility index (Phi) is 3.07. The predicted octanol–water partition coefficient (Wildman–Crippen LogP) is 2.80. The molecule has 0 aliphatic rings. The van der Waals surface area contributed by atoms with Crippen molar-refractivity contribution in [2.75, 3.05) is 4.90 Å². The highest BCUT2D eigenvalue weighted by molar-refractivity contribution is 5.94. The summed E-state index contributed by atoms with van der Waals surface area (Å²) in [6.45, 7) is 9.16. The third-order valence-corrected chi connectivity index (χ3v) is 2.20. The minimum absolute atomic E-state index is 0.0163. The maximum absolute atomic E-state index is 11.3. The molecule has 14 heavy (non-hydrogen) atoms.